The van der Waals surface area contributed by atoms with E-state index in [1.165, 1.54) is 43.3 Å². The molecule has 2 aromatic heterocycles. The van der Waals surface area contributed by atoms with Gasteiger partial charge in [-0.15, -0.1) is 20.5 Å². The number of aromatic nitrogens is 2. The smallest absolute Gasteiger partial charge is 0.295 e. The molecule has 0 aliphatic rings. The predicted molar refractivity (Wildman–Crippen MR) is 232 cm³/mol. The summed E-state index contributed by atoms with van der Waals surface area (Å²) in [5.74, 6) is -0.0691. The number of pyridine rings is 1. The molecule has 0 fully saturated rings. The number of nitrogens with zero attached hydrogens (tertiary/aromatic N) is 7. The quantitative estimate of drug-likeness (QED) is 0.0464. The van der Waals surface area contributed by atoms with Crippen molar-refractivity contribution in [3.05, 3.63) is 120 Å². The Bertz CT molecular complexity index is 3560. The Balaban J connectivity index is 1.33. The number of azo groups is 2. The second-order valence-corrected chi connectivity index (χ2v) is 19.8. The van der Waals surface area contributed by atoms with E-state index in [9.17, 15) is 57.1 Å². The van der Waals surface area contributed by atoms with Gasteiger partial charge in [0.2, 0.25) is 5.13 Å². The monoisotopic (exact) mass is 961 g/mol. The lowest BCUT2D eigenvalue weighted by Gasteiger charge is -2.16. The van der Waals surface area contributed by atoms with Crippen molar-refractivity contribution in [2.45, 2.75) is 26.5 Å². The van der Waals surface area contributed by atoms with Crippen LogP contribution in [0.15, 0.2) is 149 Å². The molecule has 7 rings (SSSR count). The number of nitriles is 1. The van der Waals surface area contributed by atoms with Gasteiger partial charge in [-0.05, 0) is 73.7 Å². The van der Waals surface area contributed by atoms with Crippen LogP contribution in [0, 0.1) is 18.3 Å². The molecule has 5 aromatic carbocycles. The van der Waals surface area contributed by atoms with E-state index in [2.05, 4.69) is 47.1 Å². The molecule has 64 heavy (non-hydrogen) atoms. The highest BCUT2D eigenvalue weighted by Gasteiger charge is 2.23. The van der Waals surface area contributed by atoms with Crippen molar-refractivity contribution in [1.82, 2.24) is 9.97 Å². The lowest BCUT2D eigenvalue weighted by molar-refractivity contribution is 0.481. The number of thiazole rings is 1. The van der Waals surface area contributed by atoms with Crippen LogP contribution in [-0.4, -0.2) is 61.9 Å². The van der Waals surface area contributed by atoms with Crippen molar-refractivity contribution in [2.75, 3.05) is 10.6 Å². The maximum absolute atomic E-state index is 12.4. The average Bonchev–Trinajstić information content (AvgIpc) is 3.64. The third kappa shape index (κ3) is 9.97. The minimum atomic E-state index is -4.96. The van der Waals surface area contributed by atoms with Gasteiger partial charge in [-0.2, -0.15) is 38.9 Å². The van der Waals surface area contributed by atoms with Gasteiger partial charge in [-0.1, -0.05) is 53.8 Å². The molecule has 6 N–H and O–H groups in total. The van der Waals surface area contributed by atoms with Crippen molar-refractivity contribution < 1.29 is 51.9 Å². The molecule has 21 nitrogen and oxygen atoms in total. The number of hydrogen-bond donors (Lipinski definition) is 6. The van der Waals surface area contributed by atoms with Crippen LogP contribution in [0.25, 0.3) is 22.0 Å². The number of nitrogens with one attached hydrogen (secondary N) is 2. The first kappa shape index (κ1) is 45.1. The van der Waals surface area contributed by atoms with Crippen LogP contribution in [0.3, 0.4) is 0 Å². The molecule has 7 aromatic rings. The molecular formula is C38H27N9O12S5. The van der Waals surface area contributed by atoms with Gasteiger partial charge in [-0.25, -0.2) is 9.97 Å². The molecule has 0 unspecified atom stereocenters. The van der Waals surface area contributed by atoms with Gasteiger partial charge in [0.15, 0.2) is 16.6 Å². The summed E-state index contributed by atoms with van der Waals surface area (Å²) < 4.78 is 134. The zero-order valence-electron chi connectivity index (χ0n) is 32.1. The number of fused-ring (bicyclic) bond motifs is 1. The second kappa shape index (κ2) is 17.3. The lowest BCUT2D eigenvalue weighted by Crippen LogP contribution is -2.05. The van der Waals surface area contributed by atoms with E-state index >= 15 is 0 Å². The first-order chi connectivity index (χ1) is 30.1. The van der Waals surface area contributed by atoms with E-state index in [0.29, 0.717) is 5.56 Å². The zero-order valence-corrected chi connectivity index (χ0v) is 36.2. The van der Waals surface area contributed by atoms with Crippen molar-refractivity contribution in [1.29, 1.82) is 5.26 Å². The molecule has 0 saturated heterocycles. The highest BCUT2D eigenvalue weighted by atomic mass is 32.2. The fourth-order valence-electron chi connectivity index (χ4n) is 6.02. The second-order valence-electron chi connectivity index (χ2n) is 13.2. The number of benzene rings is 5. The number of anilines is 4. The van der Waals surface area contributed by atoms with Crippen LogP contribution in [0.4, 0.5) is 44.5 Å². The van der Waals surface area contributed by atoms with Crippen LogP contribution in [0.2, 0.25) is 0 Å². The summed E-state index contributed by atoms with van der Waals surface area (Å²) in [4.78, 5) is 6.99. The van der Waals surface area contributed by atoms with Crippen LogP contribution in [0.5, 0.6) is 0 Å². The molecule has 0 aliphatic carbocycles. The topological polar surface area (TPSA) is 341 Å². The van der Waals surface area contributed by atoms with E-state index < -0.39 is 55.2 Å². The minimum absolute atomic E-state index is 0.00846. The first-order valence-corrected chi connectivity index (χ1v) is 24.2. The van der Waals surface area contributed by atoms with E-state index in [0.717, 1.165) is 53.8 Å². The minimum Gasteiger partial charge on any atom is -0.339 e. The lowest BCUT2D eigenvalue weighted by atomic mass is 10.1. The summed E-state index contributed by atoms with van der Waals surface area (Å²) in [5.41, 5.74) is 1.21. The molecule has 2 heterocycles. The summed E-state index contributed by atoms with van der Waals surface area (Å²) >= 11 is 0.856. The van der Waals surface area contributed by atoms with Crippen LogP contribution in [0.1, 0.15) is 11.1 Å². The molecule has 0 radical (unpaired) electrons. The van der Waals surface area contributed by atoms with Crippen LogP contribution < -0.4 is 10.6 Å². The third-order valence-electron chi connectivity index (χ3n) is 8.95. The maximum atomic E-state index is 12.4. The number of hydrogen-bond acceptors (Lipinski definition) is 18. The largest absolute Gasteiger partial charge is 0.339 e. The van der Waals surface area contributed by atoms with Gasteiger partial charge in [-0.3, -0.25) is 18.2 Å². The van der Waals surface area contributed by atoms with Gasteiger partial charge in [0.1, 0.15) is 27.2 Å². The van der Waals surface area contributed by atoms with Gasteiger partial charge in [0.25, 0.3) is 40.5 Å². The average molecular weight is 962 g/mol. The fraction of sp³-hybridized carbons (Fsp3) is 0.0263. The molecule has 0 aliphatic heterocycles. The fourth-order valence-corrected chi connectivity index (χ4v) is 9.14. The number of rotatable bonds is 13. The summed E-state index contributed by atoms with van der Waals surface area (Å²) in [7, 11) is -18.9. The van der Waals surface area contributed by atoms with E-state index in [-0.39, 0.29) is 77.0 Å². The normalized spacial score (nSPS) is 12.5. The van der Waals surface area contributed by atoms with Crippen molar-refractivity contribution in [3.63, 3.8) is 0 Å². The molecule has 326 valence electrons. The first-order valence-electron chi connectivity index (χ1n) is 17.7. The molecule has 0 spiro atoms. The summed E-state index contributed by atoms with van der Waals surface area (Å²) in [6.45, 7) is 1.53. The van der Waals surface area contributed by atoms with Crippen molar-refractivity contribution in [2.24, 2.45) is 20.5 Å². The third-order valence-corrected chi connectivity index (χ3v) is 13.3. The van der Waals surface area contributed by atoms with Gasteiger partial charge >= 0.3 is 0 Å². The van der Waals surface area contributed by atoms with Crippen LogP contribution >= 0.6 is 11.3 Å². The Morgan fingerprint density at radius 3 is 1.72 bits per heavy atom. The van der Waals surface area contributed by atoms with Crippen molar-refractivity contribution >= 4 is 107 Å². The van der Waals surface area contributed by atoms with E-state index in [1.54, 1.807) is 30.3 Å². The Hall–Kier alpha value is -6.93. The molecule has 0 bridgehead atoms. The molecule has 0 atom stereocenters. The van der Waals surface area contributed by atoms with E-state index in [4.69, 9.17) is 0 Å². The Labute approximate surface area is 367 Å². The molecular weight excluding hydrogens is 935 g/mol. The summed E-state index contributed by atoms with van der Waals surface area (Å²) in [5, 5.41) is 32.9. The van der Waals surface area contributed by atoms with Crippen molar-refractivity contribution in [3.8, 4) is 17.3 Å². The SMILES string of the molecule is Cc1c(C#N)c(Nc2ccc(S(=O)(=O)O)cc2)nc(Nc2ccc(S(=O)(=O)O)cc2)c1N=Nc1nc(-c2ccccc2)c(N=Nc2cc(S(=O)(=O)O)c3cccc(S(=O)(=O)O)c3c2)s1. The Morgan fingerprint density at radius 1 is 0.594 bits per heavy atom. The highest BCUT2D eigenvalue weighted by molar-refractivity contribution is 7.86. The predicted octanol–water partition coefficient (Wildman–Crippen LogP) is 8.84. The standard InChI is InChI=1S/C38H27N9O12S5/c1-21-30(20-39)35(40-23-10-14-26(15-11-23)61(48,49)50)43-36(41-24-12-16-27(17-13-24)62(51,52)53)33(21)45-47-38-42-34(22-6-3-2-4-7-22)37(60-38)46-44-25-18-29-28(32(19-25)64(57,58)59)8-5-9-31(29)63(54,55)56/h2-19H,1H3,(H2,40,41,43)(H,48,49,50)(H,51,52,53)(H,54,55,56)(H,57,58,59). The molecule has 26 heteroatoms. The van der Waals surface area contributed by atoms with Gasteiger partial charge in [0.05, 0.1) is 21.0 Å². The van der Waals surface area contributed by atoms with Gasteiger partial charge < -0.3 is 10.6 Å². The maximum Gasteiger partial charge on any atom is 0.295 e. The Morgan fingerprint density at radius 2 is 1.17 bits per heavy atom. The van der Waals surface area contributed by atoms with Crippen LogP contribution in [-0.2, 0) is 40.5 Å². The van der Waals surface area contributed by atoms with Gasteiger partial charge in [0, 0.05) is 33.3 Å². The highest BCUT2D eigenvalue weighted by Crippen LogP contribution is 2.43. The molecule has 0 saturated carbocycles. The Kier molecular flexibility index (Phi) is 12.2. The summed E-state index contributed by atoms with van der Waals surface area (Å²) in [6, 6.07) is 26.0. The van der Waals surface area contributed by atoms with E-state index in [1.807, 2.05) is 0 Å². The summed E-state index contributed by atoms with van der Waals surface area (Å²) in [6.07, 6.45) is 0. The molecule has 0 amide bonds. The zero-order chi connectivity index (χ0) is 46.2.